The van der Waals surface area contributed by atoms with E-state index in [0.717, 1.165) is 45.4 Å². The van der Waals surface area contributed by atoms with E-state index in [-0.39, 0.29) is 23.4 Å². The molecule has 7 heteroatoms. The second-order valence-electron chi connectivity index (χ2n) is 7.84. The van der Waals surface area contributed by atoms with Crippen LogP contribution >= 0.6 is 0 Å². The first-order valence-corrected chi connectivity index (χ1v) is 10.3. The summed E-state index contributed by atoms with van der Waals surface area (Å²) >= 11 is 0. The van der Waals surface area contributed by atoms with Crippen molar-refractivity contribution in [2.45, 2.75) is 37.8 Å². The van der Waals surface area contributed by atoms with E-state index >= 15 is 0 Å². The van der Waals surface area contributed by atoms with Crippen molar-refractivity contribution >= 4 is 11.8 Å². The van der Waals surface area contributed by atoms with E-state index in [1.165, 1.54) is 12.1 Å². The number of amides is 2. The fourth-order valence-electron chi connectivity index (χ4n) is 4.62. The van der Waals surface area contributed by atoms with Crippen molar-refractivity contribution < 1.29 is 18.7 Å². The lowest BCUT2D eigenvalue weighted by atomic mass is 9.97. The fraction of sp³-hybridized carbons (Fsp3) is 0.619. The highest BCUT2D eigenvalue weighted by Gasteiger charge is 2.38. The molecule has 0 bridgehead atoms. The van der Waals surface area contributed by atoms with Gasteiger partial charge in [0.1, 0.15) is 5.82 Å². The summed E-state index contributed by atoms with van der Waals surface area (Å²) in [6, 6.07) is 6.31. The zero-order chi connectivity index (χ0) is 19.5. The third kappa shape index (κ3) is 3.91. The maximum absolute atomic E-state index is 13.9. The zero-order valence-electron chi connectivity index (χ0n) is 16.2. The van der Waals surface area contributed by atoms with E-state index in [2.05, 4.69) is 9.80 Å². The Bertz CT molecular complexity index is 715. The van der Waals surface area contributed by atoms with Crippen molar-refractivity contribution in [3.8, 4) is 0 Å². The molecule has 1 unspecified atom stereocenters. The zero-order valence-corrected chi connectivity index (χ0v) is 16.2. The Hall–Kier alpha value is -1.99. The Balaban J connectivity index is 1.36. The normalized spacial score (nSPS) is 25.2. The van der Waals surface area contributed by atoms with Crippen LogP contribution in [0.3, 0.4) is 0 Å². The minimum atomic E-state index is -0.482. The number of hydrogen-bond donors (Lipinski definition) is 0. The number of nitrogens with zero attached hydrogens (tertiary/aromatic N) is 3. The third-order valence-corrected chi connectivity index (χ3v) is 6.22. The molecule has 3 heterocycles. The minimum absolute atomic E-state index is 0.0951. The molecule has 0 N–H and O–H groups in total. The van der Waals surface area contributed by atoms with Crippen LogP contribution in [0.2, 0.25) is 0 Å². The van der Waals surface area contributed by atoms with Crippen LogP contribution in [-0.2, 0) is 9.53 Å². The van der Waals surface area contributed by atoms with Gasteiger partial charge in [0.15, 0.2) is 0 Å². The maximum Gasteiger partial charge on any atom is 0.256 e. The number of carbonyl (C=O) groups is 2. The summed E-state index contributed by atoms with van der Waals surface area (Å²) in [5, 5.41) is 0. The molecule has 1 aromatic rings. The first-order valence-electron chi connectivity index (χ1n) is 10.3. The van der Waals surface area contributed by atoms with Crippen LogP contribution in [0.4, 0.5) is 4.39 Å². The lowest BCUT2D eigenvalue weighted by Crippen LogP contribution is -2.60. The number of piperazine rings is 1. The molecule has 4 rings (SSSR count). The highest BCUT2D eigenvalue weighted by molar-refractivity contribution is 5.94. The van der Waals surface area contributed by atoms with Crippen molar-refractivity contribution in [1.82, 2.24) is 14.7 Å². The van der Waals surface area contributed by atoms with Crippen LogP contribution in [0.1, 0.15) is 36.0 Å². The minimum Gasteiger partial charge on any atom is -0.381 e. The summed E-state index contributed by atoms with van der Waals surface area (Å²) in [7, 11) is 0. The number of ether oxygens (including phenoxy) is 1. The second kappa shape index (κ2) is 8.57. The van der Waals surface area contributed by atoms with E-state index in [1.54, 1.807) is 17.0 Å². The summed E-state index contributed by atoms with van der Waals surface area (Å²) in [5.74, 6) is -0.520. The molecule has 3 aliphatic rings. The summed E-state index contributed by atoms with van der Waals surface area (Å²) in [6.07, 6.45) is 3.73. The first-order chi connectivity index (χ1) is 13.6. The first kappa shape index (κ1) is 19.3. The molecular formula is C21H28FN3O3. The molecule has 6 nitrogen and oxygen atoms in total. The van der Waals surface area contributed by atoms with Gasteiger partial charge >= 0.3 is 0 Å². The van der Waals surface area contributed by atoms with Crippen molar-refractivity contribution in [3.63, 3.8) is 0 Å². The van der Waals surface area contributed by atoms with Crippen LogP contribution in [0.15, 0.2) is 24.3 Å². The largest absolute Gasteiger partial charge is 0.381 e. The Kier molecular flexibility index (Phi) is 5.92. The third-order valence-electron chi connectivity index (χ3n) is 6.22. The number of hydrogen-bond acceptors (Lipinski definition) is 4. The van der Waals surface area contributed by atoms with E-state index < -0.39 is 5.82 Å². The summed E-state index contributed by atoms with van der Waals surface area (Å²) in [6.45, 7) is 4.65. The Morgan fingerprint density at radius 2 is 1.71 bits per heavy atom. The van der Waals surface area contributed by atoms with E-state index in [0.29, 0.717) is 32.2 Å². The quantitative estimate of drug-likeness (QED) is 0.791. The van der Waals surface area contributed by atoms with Crippen LogP contribution < -0.4 is 0 Å². The number of carbonyl (C=O) groups excluding carboxylic acids is 2. The van der Waals surface area contributed by atoms with E-state index in [4.69, 9.17) is 4.74 Å². The predicted molar refractivity (Wildman–Crippen MR) is 102 cm³/mol. The molecule has 2 amide bonds. The van der Waals surface area contributed by atoms with Crippen molar-refractivity contribution in [3.05, 3.63) is 35.6 Å². The predicted octanol–water partition coefficient (Wildman–Crippen LogP) is 1.75. The molecule has 28 heavy (non-hydrogen) atoms. The Labute approximate surface area is 165 Å². The van der Waals surface area contributed by atoms with Crippen LogP contribution in [0, 0.1) is 5.82 Å². The Morgan fingerprint density at radius 1 is 1.00 bits per heavy atom. The monoisotopic (exact) mass is 389 g/mol. The molecule has 3 aliphatic heterocycles. The van der Waals surface area contributed by atoms with Crippen molar-refractivity contribution in [1.29, 1.82) is 0 Å². The SMILES string of the molecule is O=C(c1ccccc1F)N1CCN(C2CCCN(C3CCOCC3)C2=O)CC1. The molecule has 152 valence electrons. The summed E-state index contributed by atoms with van der Waals surface area (Å²) in [5.41, 5.74) is 0.121. The van der Waals surface area contributed by atoms with Gasteiger partial charge in [-0.15, -0.1) is 0 Å². The maximum atomic E-state index is 13.9. The van der Waals surface area contributed by atoms with Gasteiger partial charge in [0.05, 0.1) is 11.6 Å². The Morgan fingerprint density at radius 3 is 2.43 bits per heavy atom. The van der Waals surface area contributed by atoms with Gasteiger partial charge in [-0.25, -0.2) is 4.39 Å². The van der Waals surface area contributed by atoms with E-state index in [9.17, 15) is 14.0 Å². The van der Waals surface area contributed by atoms with Gasteiger partial charge in [-0.1, -0.05) is 12.1 Å². The number of piperidine rings is 1. The molecule has 0 aromatic heterocycles. The fourth-order valence-corrected chi connectivity index (χ4v) is 4.62. The molecule has 0 saturated carbocycles. The molecular weight excluding hydrogens is 361 g/mol. The van der Waals surface area contributed by atoms with Crippen molar-refractivity contribution in [2.75, 3.05) is 45.9 Å². The average Bonchev–Trinajstić information content (AvgIpc) is 2.75. The molecule has 1 atom stereocenters. The molecule has 0 radical (unpaired) electrons. The van der Waals surface area contributed by atoms with Gasteiger partial charge in [-0.05, 0) is 37.8 Å². The van der Waals surface area contributed by atoms with Gasteiger partial charge in [-0.2, -0.15) is 0 Å². The number of benzene rings is 1. The second-order valence-corrected chi connectivity index (χ2v) is 7.84. The smallest absolute Gasteiger partial charge is 0.256 e. The highest BCUT2D eigenvalue weighted by Crippen LogP contribution is 2.25. The van der Waals surface area contributed by atoms with Crippen molar-refractivity contribution in [2.24, 2.45) is 0 Å². The molecule has 3 fully saturated rings. The number of halogens is 1. The number of rotatable bonds is 3. The van der Waals surface area contributed by atoms with Crippen LogP contribution in [-0.4, -0.2) is 84.5 Å². The molecule has 3 saturated heterocycles. The average molecular weight is 389 g/mol. The topological polar surface area (TPSA) is 53.1 Å². The van der Waals surface area contributed by atoms with Gasteiger partial charge < -0.3 is 14.5 Å². The van der Waals surface area contributed by atoms with Crippen LogP contribution in [0.5, 0.6) is 0 Å². The highest BCUT2D eigenvalue weighted by atomic mass is 19.1. The summed E-state index contributed by atoms with van der Waals surface area (Å²) in [4.78, 5) is 31.7. The van der Waals surface area contributed by atoms with Crippen LogP contribution in [0.25, 0.3) is 0 Å². The lowest BCUT2D eigenvalue weighted by Gasteiger charge is -2.45. The standard InChI is InChI=1S/C21H28FN3O3/c22-18-5-2-1-4-17(18)20(26)24-12-10-23(11-13-24)19-6-3-9-25(21(19)27)16-7-14-28-15-8-16/h1-2,4-5,16,19H,3,6-15H2. The van der Waals surface area contributed by atoms with Gasteiger partial charge in [0.2, 0.25) is 5.91 Å². The van der Waals surface area contributed by atoms with E-state index in [1.807, 2.05) is 0 Å². The summed E-state index contributed by atoms with van der Waals surface area (Å²) < 4.78 is 19.4. The lowest BCUT2D eigenvalue weighted by molar-refractivity contribution is -0.145. The molecule has 0 aliphatic carbocycles. The number of likely N-dealkylation sites (tertiary alicyclic amines) is 1. The van der Waals surface area contributed by atoms with Gasteiger partial charge in [0.25, 0.3) is 5.91 Å². The van der Waals surface area contributed by atoms with Gasteiger partial charge in [-0.3, -0.25) is 14.5 Å². The molecule has 0 spiro atoms. The molecule has 1 aromatic carbocycles. The van der Waals surface area contributed by atoms with Gasteiger partial charge in [0, 0.05) is 52.0 Å².